The van der Waals surface area contributed by atoms with Gasteiger partial charge in [-0.3, -0.25) is 0 Å². The highest BCUT2D eigenvalue weighted by atomic mass is 79.9. The number of benzene rings is 1. The molecule has 0 amide bonds. The summed E-state index contributed by atoms with van der Waals surface area (Å²) in [5.74, 6) is 0.947. The lowest BCUT2D eigenvalue weighted by Gasteiger charge is -2.13. The lowest BCUT2D eigenvalue weighted by atomic mass is 10.0. The van der Waals surface area contributed by atoms with E-state index in [-0.39, 0.29) is 6.04 Å². The fourth-order valence-electron chi connectivity index (χ4n) is 1.68. The molecule has 15 heavy (non-hydrogen) atoms. The lowest BCUT2D eigenvalue weighted by Crippen LogP contribution is -2.17. The Kier molecular flexibility index (Phi) is 4.61. The van der Waals surface area contributed by atoms with Gasteiger partial charge < -0.3 is 10.5 Å². The molecule has 1 aromatic carbocycles. The van der Waals surface area contributed by atoms with Crippen LogP contribution in [-0.4, -0.2) is 13.2 Å². The molecule has 0 radical (unpaired) electrons. The van der Waals surface area contributed by atoms with E-state index >= 15 is 0 Å². The first kappa shape index (κ1) is 12.5. The van der Waals surface area contributed by atoms with Crippen molar-refractivity contribution in [3.8, 4) is 5.75 Å². The second-order valence-electron chi connectivity index (χ2n) is 3.79. The molecule has 0 heterocycles. The van der Waals surface area contributed by atoms with Gasteiger partial charge in [0.15, 0.2) is 0 Å². The second kappa shape index (κ2) is 5.52. The molecular formula is C12H18BrNO. The van der Waals surface area contributed by atoms with E-state index in [1.807, 2.05) is 6.92 Å². The first-order chi connectivity index (χ1) is 7.08. The molecule has 1 unspecified atom stereocenters. The van der Waals surface area contributed by atoms with Gasteiger partial charge in [-0.05, 0) is 37.5 Å². The van der Waals surface area contributed by atoms with Crippen LogP contribution >= 0.6 is 15.9 Å². The molecule has 2 N–H and O–H groups in total. The van der Waals surface area contributed by atoms with Crippen molar-refractivity contribution in [1.82, 2.24) is 0 Å². The van der Waals surface area contributed by atoms with Crippen LogP contribution in [0.4, 0.5) is 0 Å². The minimum Gasteiger partial charge on any atom is -0.496 e. The normalized spacial score (nSPS) is 12.6. The highest BCUT2D eigenvalue weighted by Crippen LogP contribution is 2.29. The summed E-state index contributed by atoms with van der Waals surface area (Å²) in [6.07, 6.45) is 1.83. The lowest BCUT2D eigenvalue weighted by molar-refractivity contribution is 0.409. The summed E-state index contributed by atoms with van der Waals surface area (Å²) in [6, 6.07) is 4.38. The Morgan fingerprint density at radius 3 is 2.60 bits per heavy atom. The van der Waals surface area contributed by atoms with E-state index in [1.165, 1.54) is 11.1 Å². The minimum absolute atomic E-state index is 0.175. The van der Waals surface area contributed by atoms with Gasteiger partial charge in [-0.2, -0.15) is 0 Å². The summed E-state index contributed by atoms with van der Waals surface area (Å²) >= 11 is 3.57. The quantitative estimate of drug-likeness (QED) is 0.914. The van der Waals surface area contributed by atoms with Crippen molar-refractivity contribution in [1.29, 1.82) is 0 Å². The van der Waals surface area contributed by atoms with Gasteiger partial charge >= 0.3 is 0 Å². The molecule has 0 bridgehead atoms. The van der Waals surface area contributed by atoms with Gasteiger partial charge in [0.25, 0.3) is 0 Å². The van der Waals surface area contributed by atoms with Crippen molar-refractivity contribution in [2.24, 2.45) is 5.73 Å². The SMILES string of the molecule is CCc1c(Br)cc(CC(C)N)cc1OC. The molecule has 0 saturated heterocycles. The van der Waals surface area contributed by atoms with Gasteiger partial charge in [0.05, 0.1) is 7.11 Å². The van der Waals surface area contributed by atoms with Crippen LogP contribution in [-0.2, 0) is 12.8 Å². The largest absolute Gasteiger partial charge is 0.496 e. The summed E-state index contributed by atoms with van der Waals surface area (Å²) in [4.78, 5) is 0. The van der Waals surface area contributed by atoms with E-state index in [9.17, 15) is 0 Å². The minimum atomic E-state index is 0.175. The summed E-state index contributed by atoms with van der Waals surface area (Å²) in [7, 11) is 1.70. The molecule has 0 saturated carbocycles. The van der Waals surface area contributed by atoms with Crippen LogP contribution in [0.25, 0.3) is 0 Å². The highest BCUT2D eigenvalue weighted by Gasteiger charge is 2.09. The number of rotatable bonds is 4. The molecule has 0 aromatic heterocycles. The van der Waals surface area contributed by atoms with E-state index < -0.39 is 0 Å². The topological polar surface area (TPSA) is 35.2 Å². The van der Waals surface area contributed by atoms with Crippen LogP contribution in [0.1, 0.15) is 25.0 Å². The van der Waals surface area contributed by atoms with Crippen LogP contribution in [0, 0.1) is 0 Å². The molecule has 0 aliphatic carbocycles. The molecule has 0 aliphatic heterocycles. The summed E-state index contributed by atoms with van der Waals surface area (Å²) < 4.78 is 6.48. The Balaban J connectivity index is 3.08. The van der Waals surface area contributed by atoms with Gasteiger partial charge in [0.2, 0.25) is 0 Å². The molecule has 1 aromatic rings. The predicted octanol–water partition coefficient (Wildman–Crippen LogP) is 2.91. The zero-order chi connectivity index (χ0) is 11.4. The van der Waals surface area contributed by atoms with Crippen LogP contribution in [0.15, 0.2) is 16.6 Å². The first-order valence-corrected chi connectivity index (χ1v) is 5.98. The maximum Gasteiger partial charge on any atom is 0.123 e. The Hall–Kier alpha value is -0.540. The highest BCUT2D eigenvalue weighted by molar-refractivity contribution is 9.10. The summed E-state index contributed by atoms with van der Waals surface area (Å²) in [5, 5.41) is 0. The maximum atomic E-state index is 5.78. The van der Waals surface area contributed by atoms with Crippen molar-refractivity contribution in [2.75, 3.05) is 7.11 Å². The number of hydrogen-bond acceptors (Lipinski definition) is 2. The van der Waals surface area contributed by atoms with Crippen molar-refractivity contribution < 1.29 is 4.74 Å². The fourth-order valence-corrected chi connectivity index (χ4v) is 2.45. The van der Waals surface area contributed by atoms with Gasteiger partial charge in [-0.25, -0.2) is 0 Å². The number of halogens is 1. The first-order valence-electron chi connectivity index (χ1n) is 5.19. The molecular weight excluding hydrogens is 254 g/mol. The molecule has 0 fully saturated rings. The van der Waals surface area contributed by atoms with Gasteiger partial charge in [-0.15, -0.1) is 0 Å². The third-order valence-corrected chi connectivity index (χ3v) is 3.05. The maximum absolute atomic E-state index is 5.78. The van der Waals surface area contributed by atoms with Crippen molar-refractivity contribution >= 4 is 15.9 Å². The van der Waals surface area contributed by atoms with E-state index in [2.05, 4.69) is 35.0 Å². The summed E-state index contributed by atoms with van der Waals surface area (Å²) in [5.41, 5.74) is 8.21. The Bertz CT molecular complexity index is 337. The van der Waals surface area contributed by atoms with Gasteiger partial charge in [0.1, 0.15) is 5.75 Å². The van der Waals surface area contributed by atoms with Gasteiger partial charge in [-0.1, -0.05) is 22.9 Å². The Morgan fingerprint density at radius 1 is 1.47 bits per heavy atom. The molecule has 2 nitrogen and oxygen atoms in total. The van der Waals surface area contributed by atoms with Crippen LogP contribution in [0.5, 0.6) is 5.75 Å². The van der Waals surface area contributed by atoms with Crippen molar-refractivity contribution in [3.63, 3.8) is 0 Å². The van der Waals surface area contributed by atoms with E-state index in [4.69, 9.17) is 10.5 Å². The summed E-state index contributed by atoms with van der Waals surface area (Å²) in [6.45, 7) is 4.13. The van der Waals surface area contributed by atoms with Crippen molar-refractivity contribution in [2.45, 2.75) is 32.7 Å². The van der Waals surface area contributed by atoms with E-state index in [1.54, 1.807) is 7.11 Å². The third-order valence-electron chi connectivity index (χ3n) is 2.35. The zero-order valence-corrected chi connectivity index (χ0v) is 11.1. The van der Waals surface area contributed by atoms with Crippen LogP contribution in [0.3, 0.4) is 0 Å². The number of ether oxygens (including phenoxy) is 1. The van der Waals surface area contributed by atoms with Crippen LogP contribution in [0.2, 0.25) is 0 Å². The van der Waals surface area contributed by atoms with Crippen molar-refractivity contribution in [3.05, 3.63) is 27.7 Å². The smallest absolute Gasteiger partial charge is 0.123 e. The molecule has 1 rings (SSSR count). The van der Waals surface area contributed by atoms with Crippen LogP contribution < -0.4 is 10.5 Å². The molecule has 0 aliphatic rings. The fraction of sp³-hybridized carbons (Fsp3) is 0.500. The second-order valence-corrected chi connectivity index (χ2v) is 4.65. The monoisotopic (exact) mass is 271 g/mol. The van der Waals surface area contributed by atoms with Gasteiger partial charge in [0, 0.05) is 16.1 Å². The third kappa shape index (κ3) is 3.21. The number of methoxy groups -OCH3 is 1. The Labute approximate surface area is 99.9 Å². The predicted molar refractivity (Wildman–Crippen MR) is 67.4 cm³/mol. The molecule has 3 heteroatoms. The average molecular weight is 272 g/mol. The zero-order valence-electron chi connectivity index (χ0n) is 9.51. The molecule has 84 valence electrons. The number of hydrogen-bond donors (Lipinski definition) is 1. The number of nitrogens with two attached hydrogens (primary N) is 1. The standard InChI is InChI=1S/C12H18BrNO/c1-4-10-11(13)6-9(5-8(2)14)7-12(10)15-3/h6-8H,4-5,14H2,1-3H3. The van der Waals surface area contributed by atoms with E-state index in [0.29, 0.717) is 0 Å². The molecule has 1 atom stereocenters. The Morgan fingerprint density at radius 2 is 2.13 bits per heavy atom. The average Bonchev–Trinajstić information content (AvgIpc) is 2.15. The molecule has 0 spiro atoms. The van der Waals surface area contributed by atoms with E-state index in [0.717, 1.165) is 23.1 Å².